The van der Waals surface area contributed by atoms with Gasteiger partial charge in [-0.1, -0.05) is 30.3 Å². The zero-order valence-corrected chi connectivity index (χ0v) is 24.1. The van der Waals surface area contributed by atoms with E-state index in [-0.39, 0.29) is 41.8 Å². The molecule has 3 amide bonds. The lowest BCUT2D eigenvalue weighted by Gasteiger charge is -2.46. The van der Waals surface area contributed by atoms with Crippen molar-refractivity contribution < 1.29 is 28.7 Å². The van der Waals surface area contributed by atoms with Gasteiger partial charge in [-0.25, -0.2) is 4.39 Å². The fourth-order valence-electron chi connectivity index (χ4n) is 5.46. The van der Waals surface area contributed by atoms with E-state index in [1.165, 1.54) is 24.3 Å². The van der Waals surface area contributed by atoms with E-state index in [2.05, 4.69) is 15.5 Å². The number of anilines is 2. The lowest BCUT2D eigenvalue weighted by atomic mass is 10.0. The molecule has 1 saturated carbocycles. The van der Waals surface area contributed by atoms with Gasteiger partial charge in [-0.15, -0.1) is 0 Å². The Hall–Kier alpha value is -4.73. The van der Waals surface area contributed by atoms with Crippen LogP contribution in [0.3, 0.4) is 0 Å². The number of amides is 3. The highest BCUT2D eigenvalue weighted by Gasteiger charge is 2.35. The summed E-state index contributed by atoms with van der Waals surface area (Å²) in [7, 11) is 0. The number of piperazine rings is 1. The molecule has 224 valence electrons. The summed E-state index contributed by atoms with van der Waals surface area (Å²) in [6.07, 6.45) is 1.23. The Morgan fingerprint density at radius 1 is 0.907 bits per heavy atom. The molecule has 3 aromatic carbocycles. The third-order valence-corrected chi connectivity index (χ3v) is 8.00. The van der Waals surface area contributed by atoms with E-state index >= 15 is 0 Å². The number of hydrogen-bond donors (Lipinski definition) is 3. The molecule has 5 rings (SSSR count). The number of benzene rings is 3. The van der Waals surface area contributed by atoms with E-state index in [0.717, 1.165) is 18.5 Å². The number of nitrogens with zero attached hydrogens (tertiary/aromatic N) is 2. The summed E-state index contributed by atoms with van der Waals surface area (Å²) in [5.74, 6) is -2.33. The van der Waals surface area contributed by atoms with Crippen LogP contribution in [0.25, 0.3) is 0 Å². The van der Waals surface area contributed by atoms with E-state index in [1.54, 1.807) is 30.3 Å². The molecule has 9 nitrogen and oxygen atoms in total. The monoisotopic (exact) mass is 586 g/mol. The van der Waals surface area contributed by atoms with Crippen molar-refractivity contribution in [2.75, 3.05) is 23.3 Å². The van der Waals surface area contributed by atoms with Crippen LogP contribution < -0.4 is 15.5 Å². The maximum absolute atomic E-state index is 13.5. The number of carbonyl (C=O) groups excluding carboxylic acids is 3. The molecule has 10 heteroatoms. The van der Waals surface area contributed by atoms with E-state index in [1.807, 2.05) is 36.9 Å². The first-order valence-corrected chi connectivity index (χ1v) is 14.5. The maximum atomic E-state index is 13.5. The van der Waals surface area contributed by atoms with Crippen LogP contribution in [0.5, 0.6) is 0 Å². The minimum absolute atomic E-state index is 0.0362. The van der Waals surface area contributed by atoms with Gasteiger partial charge in [0.15, 0.2) is 0 Å². The quantitative estimate of drug-likeness (QED) is 0.330. The zero-order valence-electron chi connectivity index (χ0n) is 24.1. The van der Waals surface area contributed by atoms with Crippen LogP contribution >= 0.6 is 0 Å². The molecule has 2 aliphatic rings. The molecule has 3 atom stereocenters. The number of aliphatic carboxylic acids is 1. The predicted octanol–water partition coefficient (Wildman–Crippen LogP) is 4.86. The fourth-order valence-corrected chi connectivity index (χ4v) is 5.46. The molecule has 0 bridgehead atoms. The lowest BCUT2D eigenvalue weighted by molar-refractivity contribution is -0.137. The van der Waals surface area contributed by atoms with Gasteiger partial charge in [-0.2, -0.15) is 0 Å². The third kappa shape index (κ3) is 7.02. The van der Waals surface area contributed by atoms with Gasteiger partial charge in [0.05, 0.1) is 23.8 Å². The zero-order chi connectivity index (χ0) is 30.7. The van der Waals surface area contributed by atoms with Crippen LogP contribution in [0.15, 0.2) is 72.8 Å². The number of nitrogens with one attached hydrogen (secondary N) is 2. The van der Waals surface area contributed by atoms with Gasteiger partial charge >= 0.3 is 5.97 Å². The number of halogens is 1. The largest absolute Gasteiger partial charge is 0.481 e. The summed E-state index contributed by atoms with van der Waals surface area (Å²) >= 11 is 0. The van der Waals surface area contributed by atoms with Crippen molar-refractivity contribution in [2.45, 2.75) is 51.2 Å². The first-order valence-electron chi connectivity index (χ1n) is 14.5. The molecule has 0 spiro atoms. The second-order valence-corrected chi connectivity index (χ2v) is 11.3. The molecule has 2 fully saturated rings. The summed E-state index contributed by atoms with van der Waals surface area (Å²) < 4.78 is 13.5. The standard InChI is InChI=1S/C33H35FN4O5/c1-20-19-38(33(43)24-6-4-3-5-7-24)21(2)18-37(20)29-15-12-25(16-28(29)36-31(41)23-8-9-23)32(42)35-27(17-30(39)40)22-10-13-26(34)14-11-22/h3-7,10-16,20-21,23,27H,8-9,17-19H2,1-2H3,(H,35,42)(H,36,41)(H,39,40). The van der Waals surface area contributed by atoms with Gasteiger partial charge in [0.1, 0.15) is 5.82 Å². The Morgan fingerprint density at radius 3 is 2.26 bits per heavy atom. The highest BCUT2D eigenvalue weighted by atomic mass is 19.1. The number of carboxylic acids is 1. The first kappa shape index (κ1) is 29.8. The lowest BCUT2D eigenvalue weighted by Crippen LogP contribution is -2.58. The van der Waals surface area contributed by atoms with Crippen molar-refractivity contribution in [3.8, 4) is 0 Å². The van der Waals surface area contributed by atoms with Crippen LogP contribution in [0.4, 0.5) is 15.8 Å². The number of hydrogen-bond acceptors (Lipinski definition) is 5. The molecule has 1 aliphatic heterocycles. The topological polar surface area (TPSA) is 119 Å². The molecule has 3 unspecified atom stereocenters. The highest BCUT2D eigenvalue weighted by Crippen LogP contribution is 2.35. The van der Waals surface area contributed by atoms with Gasteiger partial charge in [0.25, 0.3) is 11.8 Å². The van der Waals surface area contributed by atoms with Crippen LogP contribution in [0, 0.1) is 11.7 Å². The normalized spacial score (nSPS) is 19.0. The van der Waals surface area contributed by atoms with Gasteiger partial charge in [0.2, 0.25) is 5.91 Å². The van der Waals surface area contributed by atoms with Gasteiger partial charge in [-0.05, 0) is 74.7 Å². The SMILES string of the molecule is CC1CN(c2ccc(C(=O)NC(CC(=O)O)c3ccc(F)cc3)cc2NC(=O)C2CC2)C(C)CN1C(=O)c1ccccc1. The molecule has 3 aromatic rings. The fraction of sp³-hybridized carbons (Fsp3) is 0.333. The molecule has 0 radical (unpaired) electrons. The highest BCUT2D eigenvalue weighted by molar-refractivity contribution is 6.01. The molecule has 0 aromatic heterocycles. The van der Waals surface area contributed by atoms with E-state index in [9.17, 15) is 28.7 Å². The maximum Gasteiger partial charge on any atom is 0.305 e. The van der Waals surface area contributed by atoms with Crippen molar-refractivity contribution in [1.82, 2.24) is 10.2 Å². The van der Waals surface area contributed by atoms with Crippen molar-refractivity contribution in [1.29, 1.82) is 0 Å². The van der Waals surface area contributed by atoms with Crippen LogP contribution in [-0.2, 0) is 9.59 Å². The van der Waals surface area contributed by atoms with E-state index < -0.39 is 23.7 Å². The van der Waals surface area contributed by atoms with Crippen molar-refractivity contribution in [2.24, 2.45) is 5.92 Å². The van der Waals surface area contributed by atoms with Gasteiger partial charge in [-0.3, -0.25) is 19.2 Å². The Labute approximate surface area is 249 Å². The minimum atomic E-state index is -1.12. The predicted molar refractivity (Wildman–Crippen MR) is 160 cm³/mol. The smallest absolute Gasteiger partial charge is 0.305 e. The van der Waals surface area contributed by atoms with Gasteiger partial charge in [0, 0.05) is 42.2 Å². The molecule has 1 heterocycles. The average molecular weight is 587 g/mol. The van der Waals surface area contributed by atoms with Crippen LogP contribution in [0.1, 0.15) is 65.4 Å². The van der Waals surface area contributed by atoms with Crippen molar-refractivity contribution >= 4 is 35.1 Å². The number of rotatable bonds is 9. The van der Waals surface area contributed by atoms with Crippen molar-refractivity contribution in [3.63, 3.8) is 0 Å². The summed E-state index contributed by atoms with van der Waals surface area (Å²) in [4.78, 5) is 55.0. The third-order valence-electron chi connectivity index (χ3n) is 8.00. The van der Waals surface area contributed by atoms with E-state index in [0.29, 0.717) is 29.9 Å². The number of carboxylic acid groups (broad SMARTS) is 1. The molecular formula is C33H35FN4O5. The summed E-state index contributed by atoms with van der Waals surface area (Å²) in [5.41, 5.74) is 2.54. The number of carbonyl (C=O) groups is 4. The Morgan fingerprint density at radius 2 is 1.60 bits per heavy atom. The molecule has 1 aliphatic carbocycles. The molecule has 3 N–H and O–H groups in total. The Kier molecular flexibility index (Phi) is 8.75. The minimum Gasteiger partial charge on any atom is -0.481 e. The molecule has 1 saturated heterocycles. The van der Waals surface area contributed by atoms with Gasteiger partial charge < -0.3 is 25.5 Å². The molecule has 43 heavy (non-hydrogen) atoms. The van der Waals surface area contributed by atoms with E-state index in [4.69, 9.17) is 0 Å². The second-order valence-electron chi connectivity index (χ2n) is 11.3. The Bertz CT molecular complexity index is 1510. The summed E-state index contributed by atoms with van der Waals surface area (Å²) in [6.45, 7) is 5.00. The van der Waals surface area contributed by atoms with Crippen molar-refractivity contribution in [3.05, 3.63) is 95.3 Å². The average Bonchev–Trinajstić information content (AvgIpc) is 3.84. The van der Waals surface area contributed by atoms with Crippen LogP contribution in [-0.4, -0.2) is 58.9 Å². The first-order chi connectivity index (χ1) is 20.6. The summed E-state index contributed by atoms with van der Waals surface area (Å²) in [6, 6.07) is 18.4. The second kappa shape index (κ2) is 12.6. The molecular weight excluding hydrogens is 551 g/mol. The summed E-state index contributed by atoms with van der Waals surface area (Å²) in [5, 5.41) is 15.2. The Balaban J connectivity index is 1.39. The van der Waals surface area contributed by atoms with Crippen LogP contribution in [0.2, 0.25) is 0 Å².